The maximum Gasteiger partial charge on any atom is 0.261 e. The molecule has 1 unspecified atom stereocenters. The third-order valence-electron chi connectivity index (χ3n) is 3.68. The highest BCUT2D eigenvalue weighted by Gasteiger charge is 2.18. The number of carbonyl (C=O) groups is 2. The fourth-order valence-corrected chi connectivity index (χ4v) is 2.95. The van der Waals surface area contributed by atoms with Crippen molar-refractivity contribution >= 4 is 23.2 Å². The molecular weight excluding hydrogens is 356 g/mol. The first-order valence-electron chi connectivity index (χ1n) is 7.91. The van der Waals surface area contributed by atoms with E-state index in [0.717, 1.165) is 5.56 Å². The van der Waals surface area contributed by atoms with Gasteiger partial charge >= 0.3 is 0 Å². The molecular formula is C18H22N2O5S. The minimum atomic E-state index is -0.661. The second-order valence-corrected chi connectivity index (χ2v) is 6.37. The largest absolute Gasteiger partial charge is 0.493 e. The summed E-state index contributed by atoms with van der Waals surface area (Å²) in [6, 6.07) is 6.36. The van der Waals surface area contributed by atoms with E-state index in [9.17, 15) is 9.59 Å². The lowest BCUT2D eigenvalue weighted by molar-refractivity contribution is -0.122. The number of carbonyl (C=O) groups excluding carboxylic acids is 2. The first-order chi connectivity index (χ1) is 12.5. The number of rotatable bonds is 8. The van der Waals surface area contributed by atoms with E-state index < -0.39 is 6.04 Å². The van der Waals surface area contributed by atoms with Crippen LogP contribution in [0.3, 0.4) is 0 Å². The molecule has 2 N–H and O–H groups in total. The Labute approximate surface area is 156 Å². The van der Waals surface area contributed by atoms with Gasteiger partial charge in [0.15, 0.2) is 11.5 Å². The third kappa shape index (κ3) is 4.66. The molecule has 1 aromatic carbocycles. The van der Waals surface area contributed by atoms with Crippen LogP contribution in [0, 0.1) is 0 Å². The molecule has 26 heavy (non-hydrogen) atoms. The number of nitrogens with one attached hydrogen (secondary N) is 2. The number of thiophene rings is 1. The van der Waals surface area contributed by atoms with E-state index in [1.807, 2.05) is 5.38 Å². The van der Waals surface area contributed by atoms with Crippen LogP contribution < -0.4 is 24.8 Å². The van der Waals surface area contributed by atoms with Crippen LogP contribution in [-0.2, 0) is 11.3 Å². The van der Waals surface area contributed by atoms with Crippen molar-refractivity contribution in [2.75, 3.05) is 21.3 Å². The van der Waals surface area contributed by atoms with Gasteiger partial charge in [-0.1, -0.05) is 6.07 Å². The fourth-order valence-electron chi connectivity index (χ4n) is 2.32. The van der Waals surface area contributed by atoms with Gasteiger partial charge in [-0.2, -0.15) is 0 Å². The quantitative estimate of drug-likeness (QED) is 0.736. The molecule has 1 aromatic heterocycles. The molecule has 1 atom stereocenters. The van der Waals surface area contributed by atoms with Gasteiger partial charge in [-0.25, -0.2) is 0 Å². The monoisotopic (exact) mass is 378 g/mol. The maximum atomic E-state index is 12.2. The number of hydrogen-bond acceptors (Lipinski definition) is 6. The number of benzene rings is 1. The Morgan fingerprint density at radius 3 is 2.27 bits per heavy atom. The Morgan fingerprint density at radius 1 is 1.12 bits per heavy atom. The van der Waals surface area contributed by atoms with Gasteiger partial charge in [-0.3, -0.25) is 9.59 Å². The summed E-state index contributed by atoms with van der Waals surface area (Å²) in [5.41, 5.74) is 0.782. The van der Waals surface area contributed by atoms with Crippen molar-refractivity contribution in [1.82, 2.24) is 10.6 Å². The molecule has 0 saturated carbocycles. The Balaban J connectivity index is 1.99. The summed E-state index contributed by atoms with van der Waals surface area (Å²) >= 11 is 1.32. The second kappa shape index (κ2) is 9.10. The molecule has 2 amide bonds. The van der Waals surface area contributed by atoms with Gasteiger partial charge in [-0.05, 0) is 36.1 Å². The molecule has 0 fully saturated rings. The lowest BCUT2D eigenvalue weighted by Crippen LogP contribution is -2.44. The van der Waals surface area contributed by atoms with E-state index in [-0.39, 0.29) is 18.4 Å². The van der Waals surface area contributed by atoms with Crippen LogP contribution in [0.2, 0.25) is 0 Å². The number of hydrogen-bond donors (Lipinski definition) is 2. The van der Waals surface area contributed by atoms with Gasteiger partial charge in [0.05, 0.1) is 26.2 Å². The molecule has 0 aliphatic rings. The van der Waals surface area contributed by atoms with Gasteiger partial charge in [0.1, 0.15) is 6.04 Å². The zero-order valence-electron chi connectivity index (χ0n) is 15.1. The van der Waals surface area contributed by atoms with Gasteiger partial charge in [-0.15, -0.1) is 11.3 Å². The van der Waals surface area contributed by atoms with Crippen LogP contribution in [0.25, 0.3) is 0 Å². The van der Waals surface area contributed by atoms with Gasteiger partial charge in [0.25, 0.3) is 5.91 Å². The van der Waals surface area contributed by atoms with E-state index in [4.69, 9.17) is 14.2 Å². The highest BCUT2D eigenvalue weighted by Crippen LogP contribution is 2.38. The van der Waals surface area contributed by atoms with E-state index in [1.54, 1.807) is 31.2 Å². The van der Waals surface area contributed by atoms with Crippen molar-refractivity contribution in [1.29, 1.82) is 0 Å². The average molecular weight is 378 g/mol. The highest BCUT2D eigenvalue weighted by molar-refractivity contribution is 7.12. The van der Waals surface area contributed by atoms with E-state index >= 15 is 0 Å². The van der Waals surface area contributed by atoms with Gasteiger partial charge in [0.2, 0.25) is 11.7 Å². The molecule has 0 radical (unpaired) electrons. The van der Waals surface area contributed by atoms with Crippen LogP contribution in [0.15, 0.2) is 29.6 Å². The van der Waals surface area contributed by atoms with E-state index in [2.05, 4.69) is 10.6 Å². The van der Waals surface area contributed by atoms with Crippen molar-refractivity contribution in [3.63, 3.8) is 0 Å². The lowest BCUT2D eigenvalue weighted by Gasteiger charge is -2.16. The Bertz CT molecular complexity index is 736. The predicted octanol–water partition coefficient (Wildman–Crippen LogP) is 2.21. The molecule has 0 spiro atoms. The summed E-state index contributed by atoms with van der Waals surface area (Å²) in [6.07, 6.45) is 0. The summed E-state index contributed by atoms with van der Waals surface area (Å²) in [5.74, 6) is 0.950. The van der Waals surface area contributed by atoms with Crippen molar-refractivity contribution in [3.8, 4) is 17.2 Å². The Hall–Kier alpha value is -2.74. The minimum Gasteiger partial charge on any atom is -0.493 e. The van der Waals surface area contributed by atoms with Crippen molar-refractivity contribution in [3.05, 3.63) is 40.1 Å². The first-order valence-corrected chi connectivity index (χ1v) is 8.79. The topological polar surface area (TPSA) is 85.9 Å². The summed E-state index contributed by atoms with van der Waals surface area (Å²) in [7, 11) is 4.59. The van der Waals surface area contributed by atoms with Crippen molar-refractivity contribution in [2.45, 2.75) is 19.5 Å². The first kappa shape index (κ1) is 19.6. The minimum absolute atomic E-state index is 0.259. The molecule has 0 aliphatic carbocycles. The average Bonchev–Trinajstić information content (AvgIpc) is 3.19. The zero-order valence-corrected chi connectivity index (χ0v) is 15.9. The molecule has 0 aliphatic heterocycles. The number of methoxy groups -OCH3 is 3. The van der Waals surface area contributed by atoms with E-state index in [0.29, 0.717) is 22.1 Å². The number of amides is 2. The molecule has 2 rings (SSSR count). The summed E-state index contributed by atoms with van der Waals surface area (Å²) in [4.78, 5) is 24.8. The zero-order chi connectivity index (χ0) is 19.1. The molecule has 8 heteroatoms. The fraction of sp³-hybridized carbons (Fsp3) is 0.333. The molecule has 1 heterocycles. The van der Waals surface area contributed by atoms with E-state index in [1.165, 1.54) is 32.7 Å². The lowest BCUT2D eigenvalue weighted by atomic mass is 10.1. The third-order valence-corrected chi connectivity index (χ3v) is 4.55. The molecule has 7 nitrogen and oxygen atoms in total. The van der Waals surface area contributed by atoms with Gasteiger partial charge in [0, 0.05) is 6.54 Å². The molecule has 140 valence electrons. The van der Waals surface area contributed by atoms with Crippen LogP contribution >= 0.6 is 11.3 Å². The molecule has 0 bridgehead atoms. The summed E-state index contributed by atoms with van der Waals surface area (Å²) in [5, 5.41) is 7.27. The molecule has 2 aromatic rings. The second-order valence-electron chi connectivity index (χ2n) is 5.42. The van der Waals surface area contributed by atoms with Crippen LogP contribution in [0.4, 0.5) is 0 Å². The molecule has 0 saturated heterocycles. The van der Waals surface area contributed by atoms with Gasteiger partial charge < -0.3 is 24.8 Å². The van der Waals surface area contributed by atoms with Crippen molar-refractivity contribution < 1.29 is 23.8 Å². The van der Waals surface area contributed by atoms with Crippen LogP contribution in [0.1, 0.15) is 22.2 Å². The van der Waals surface area contributed by atoms with Crippen LogP contribution in [-0.4, -0.2) is 39.2 Å². The number of ether oxygens (including phenoxy) is 3. The smallest absolute Gasteiger partial charge is 0.261 e. The maximum absolute atomic E-state index is 12.2. The SMILES string of the molecule is COc1cc(CNC(=O)C(C)NC(=O)c2cccs2)cc(OC)c1OC. The normalized spacial score (nSPS) is 11.4. The van der Waals surface area contributed by atoms with Crippen LogP contribution in [0.5, 0.6) is 17.2 Å². The highest BCUT2D eigenvalue weighted by atomic mass is 32.1. The Morgan fingerprint density at radius 2 is 1.77 bits per heavy atom. The standard InChI is InChI=1S/C18H22N2O5S/c1-11(20-18(22)15-6-5-7-26-15)17(21)19-10-12-8-13(23-2)16(25-4)14(9-12)24-3/h5-9,11H,10H2,1-4H3,(H,19,21)(H,20,22). The summed E-state index contributed by atoms with van der Waals surface area (Å²) in [6.45, 7) is 1.89. The van der Waals surface area contributed by atoms with Crippen molar-refractivity contribution in [2.24, 2.45) is 0 Å². The Kier molecular flexibility index (Phi) is 6.85. The summed E-state index contributed by atoms with van der Waals surface area (Å²) < 4.78 is 15.9. The predicted molar refractivity (Wildman–Crippen MR) is 99.2 cm³/mol.